The number of rotatable bonds is 7. The molecule has 0 saturated carbocycles. The van der Waals surface area contributed by atoms with E-state index in [0.717, 1.165) is 25.7 Å². The van der Waals surface area contributed by atoms with Crippen LogP contribution in [0, 0.1) is 5.92 Å². The average Bonchev–Trinajstić information content (AvgIpc) is 2.03. The smallest absolute Gasteiger partial charge is 0.189 e. The SMILES string of the molecule is NCCCCC(CCN)C(=O)S. The number of unbranched alkanes of at least 4 members (excludes halogenated alkanes) is 1. The van der Waals surface area contributed by atoms with Crippen molar-refractivity contribution in [2.24, 2.45) is 17.4 Å². The van der Waals surface area contributed by atoms with Crippen LogP contribution < -0.4 is 11.5 Å². The monoisotopic (exact) mass is 190 g/mol. The summed E-state index contributed by atoms with van der Waals surface area (Å²) in [5, 5.41) is -0.0440. The largest absolute Gasteiger partial charge is 0.330 e. The molecule has 0 aliphatic rings. The summed E-state index contributed by atoms with van der Waals surface area (Å²) in [5.41, 5.74) is 10.7. The van der Waals surface area contributed by atoms with E-state index in [1.54, 1.807) is 0 Å². The van der Waals surface area contributed by atoms with Crippen molar-refractivity contribution in [3.63, 3.8) is 0 Å². The molecule has 0 rings (SSSR count). The molecule has 0 amide bonds. The van der Waals surface area contributed by atoms with Gasteiger partial charge >= 0.3 is 0 Å². The molecule has 4 heteroatoms. The van der Waals surface area contributed by atoms with Crippen molar-refractivity contribution >= 4 is 17.7 Å². The van der Waals surface area contributed by atoms with Gasteiger partial charge in [0.1, 0.15) is 0 Å². The predicted molar refractivity (Wildman–Crippen MR) is 54.1 cm³/mol. The minimum absolute atomic E-state index is 0.0323. The highest BCUT2D eigenvalue weighted by Crippen LogP contribution is 2.14. The topological polar surface area (TPSA) is 69.1 Å². The summed E-state index contributed by atoms with van der Waals surface area (Å²) in [6.45, 7) is 1.25. The van der Waals surface area contributed by atoms with E-state index in [9.17, 15) is 4.79 Å². The zero-order valence-electron chi connectivity index (χ0n) is 7.33. The van der Waals surface area contributed by atoms with Crippen molar-refractivity contribution in [3.05, 3.63) is 0 Å². The van der Waals surface area contributed by atoms with Crippen LogP contribution >= 0.6 is 12.6 Å². The molecule has 3 nitrogen and oxygen atoms in total. The average molecular weight is 190 g/mol. The van der Waals surface area contributed by atoms with Crippen LogP contribution in [0.25, 0.3) is 0 Å². The van der Waals surface area contributed by atoms with Gasteiger partial charge in [-0.1, -0.05) is 6.42 Å². The lowest BCUT2D eigenvalue weighted by atomic mass is 10.00. The summed E-state index contributed by atoms with van der Waals surface area (Å²) in [6, 6.07) is 0. The molecule has 0 spiro atoms. The van der Waals surface area contributed by atoms with Gasteiger partial charge in [-0.25, -0.2) is 0 Å². The Labute approximate surface area is 79.3 Å². The van der Waals surface area contributed by atoms with E-state index >= 15 is 0 Å². The Balaban J connectivity index is 3.56. The summed E-state index contributed by atoms with van der Waals surface area (Å²) in [6.07, 6.45) is 3.58. The third-order valence-corrected chi connectivity index (χ3v) is 2.24. The van der Waals surface area contributed by atoms with Gasteiger partial charge in [0, 0.05) is 5.92 Å². The van der Waals surface area contributed by atoms with Crippen LogP contribution in [-0.4, -0.2) is 18.2 Å². The number of carbonyl (C=O) groups excluding carboxylic acids is 1. The highest BCUT2D eigenvalue weighted by molar-refractivity contribution is 7.96. The van der Waals surface area contributed by atoms with E-state index in [1.807, 2.05) is 0 Å². The van der Waals surface area contributed by atoms with Crippen LogP contribution in [0.2, 0.25) is 0 Å². The first kappa shape index (κ1) is 11.9. The van der Waals surface area contributed by atoms with Crippen LogP contribution in [-0.2, 0) is 4.79 Å². The van der Waals surface area contributed by atoms with E-state index in [4.69, 9.17) is 11.5 Å². The van der Waals surface area contributed by atoms with Gasteiger partial charge in [-0.3, -0.25) is 4.79 Å². The van der Waals surface area contributed by atoms with Crippen molar-refractivity contribution in [1.82, 2.24) is 0 Å². The van der Waals surface area contributed by atoms with E-state index in [-0.39, 0.29) is 11.0 Å². The number of hydrogen-bond donors (Lipinski definition) is 3. The highest BCUT2D eigenvalue weighted by atomic mass is 32.1. The second kappa shape index (κ2) is 7.58. The third kappa shape index (κ3) is 5.57. The van der Waals surface area contributed by atoms with Crippen LogP contribution in [0.5, 0.6) is 0 Å². The summed E-state index contributed by atoms with van der Waals surface area (Å²) in [4.78, 5) is 10.9. The Morgan fingerprint density at radius 2 is 1.83 bits per heavy atom. The van der Waals surface area contributed by atoms with Crippen LogP contribution in [0.3, 0.4) is 0 Å². The van der Waals surface area contributed by atoms with Crippen molar-refractivity contribution in [3.8, 4) is 0 Å². The van der Waals surface area contributed by atoms with Crippen molar-refractivity contribution in [2.45, 2.75) is 25.7 Å². The molecule has 0 radical (unpaired) electrons. The molecule has 0 bridgehead atoms. The molecular weight excluding hydrogens is 172 g/mol. The summed E-state index contributed by atoms with van der Waals surface area (Å²) >= 11 is 3.80. The van der Waals surface area contributed by atoms with Gasteiger partial charge in [0.2, 0.25) is 0 Å². The molecule has 0 fully saturated rings. The molecule has 0 aromatic carbocycles. The maximum Gasteiger partial charge on any atom is 0.189 e. The van der Waals surface area contributed by atoms with Crippen LogP contribution in [0.15, 0.2) is 0 Å². The predicted octanol–water partition coefficient (Wildman–Crippen LogP) is 0.537. The Bertz CT molecular complexity index is 130. The third-order valence-electron chi connectivity index (χ3n) is 1.87. The van der Waals surface area contributed by atoms with E-state index in [0.29, 0.717) is 13.1 Å². The molecule has 1 unspecified atom stereocenters. The first-order chi connectivity index (χ1) is 5.72. The minimum Gasteiger partial charge on any atom is -0.330 e. The molecule has 0 aliphatic carbocycles. The second-order valence-corrected chi connectivity index (χ2v) is 3.34. The van der Waals surface area contributed by atoms with Crippen LogP contribution in [0.1, 0.15) is 25.7 Å². The summed E-state index contributed by atoms with van der Waals surface area (Å²) in [5.74, 6) is 0.0323. The van der Waals surface area contributed by atoms with Gasteiger partial charge < -0.3 is 11.5 Å². The Morgan fingerprint density at radius 3 is 2.25 bits per heavy atom. The number of hydrogen-bond acceptors (Lipinski definition) is 3. The fourth-order valence-corrected chi connectivity index (χ4v) is 1.39. The molecule has 12 heavy (non-hydrogen) atoms. The van der Waals surface area contributed by atoms with Crippen LogP contribution in [0.4, 0.5) is 0 Å². The lowest BCUT2D eigenvalue weighted by Gasteiger charge is -2.10. The highest BCUT2D eigenvalue weighted by Gasteiger charge is 2.12. The molecule has 4 N–H and O–H groups in total. The lowest BCUT2D eigenvalue weighted by molar-refractivity contribution is -0.114. The van der Waals surface area contributed by atoms with Gasteiger partial charge in [0.25, 0.3) is 0 Å². The first-order valence-corrected chi connectivity index (χ1v) is 4.80. The first-order valence-electron chi connectivity index (χ1n) is 4.35. The van der Waals surface area contributed by atoms with Crippen molar-refractivity contribution < 1.29 is 4.79 Å². The van der Waals surface area contributed by atoms with Crippen molar-refractivity contribution in [2.75, 3.05) is 13.1 Å². The van der Waals surface area contributed by atoms with Gasteiger partial charge in [-0.2, -0.15) is 0 Å². The van der Waals surface area contributed by atoms with Gasteiger partial charge in [-0.05, 0) is 32.4 Å². The Hall–Kier alpha value is -0.0600. The zero-order chi connectivity index (χ0) is 9.40. The normalized spacial score (nSPS) is 12.9. The number of nitrogens with two attached hydrogens (primary N) is 2. The van der Waals surface area contributed by atoms with Gasteiger partial charge in [-0.15, -0.1) is 12.6 Å². The van der Waals surface area contributed by atoms with Crippen molar-refractivity contribution in [1.29, 1.82) is 0 Å². The summed E-state index contributed by atoms with van der Waals surface area (Å²) in [7, 11) is 0. The van der Waals surface area contributed by atoms with E-state index < -0.39 is 0 Å². The fourth-order valence-electron chi connectivity index (χ4n) is 1.13. The molecule has 72 valence electrons. The molecule has 0 aromatic heterocycles. The van der Waals surface area contributed by atoms with E-state index in [1.165, 1.54) is 0 Å². The minimum atomic E-state index is -0.0440. The number of carbonyl (C=O) groups is 1. The molecule has 0 saturated heterocycles. The second-order valence-electron chi connectivity index (χ2n) is 2.90. The summed E-state index contributed by atoms with van der Waals surface area (Å²) < 4.78 is 0. The maximum absolute atomic E-state index is 10.9. The standard InChI is InChI=1S/C8H18N2OS/c9-5-2-1-3-7(4-6-10)8(11)12/h7H,1-6,9-10H2,(H,11,12). The number of thiol groups is 1. The Morgan fingerprint density at radius 1 is 1.17 bits per heavy atom. The maximum atomic E-state index is 10.9. The van der Waals surface area contributed by atoms with Gasteiger partial charge in [0.05, 0.1) is 0 Å². The fraction of sp³-hybridized carbons (Fsp3) is 0.875. The molecule has 0 aromatic rings. The molecule has 1 atom stereocenters. The van der Waals surface area contributed by atoms with Gasteiger partial charge in [0.15, 0.2) is 5.12 Å². The zero-order valence-corrected chi connectivity index (χ0v) is 8.22. The molecule has 0 aliphatic heterocycles. The molecular formula is C8H18N2OS. The molecule has 0 heterocycles. The van der Waals surface area contributed by atoms with E-state index in [2.05, 4.69) is 12.6 Å². The quantitative estimate of drug-likeness (QED) is 0.405. The lowest BCUT2D eigenvalue weighted by Crippen LogP contribution is -2.15. The Kier molecular flexibility index (Phi) is 7.54.